The van der Waals surface area contributed by atoms with Crippen molar-refractivity contribution in [3.63, 3.8) is 0 Å². The molecule has 0 aliphatic carbocycles. The quantitative estimate of drug-likeness (QED) is 0.771. The number of nitrogens with one attached hydrogen (secondary N) is 1. The van der Waals surface area contributed by atoms with Gasteiger partial charge in [0.25, 0.3) is 0 Å². The molecule has 2 N–H and O–H groups in total. The van der Waals surface area contributed by atoms with Crippen molar-refractivity contribution in [2.75, 3.05) is 0 Å². The van der Waals surface area contributed by atoms with Crippen LogP contribution in [0.4, 0.5) is 8.78 Å². The lowest BCUT2D eigenvalue weighted by Crippen LogP contribution is -2.37. The smallest absolute Gasteiger partial charge is 0.387 e. The maximum Gasteiger partial charge on any atom is 0.387 e. The van der Waals surface area contributed by atoms with Gasteiger partial charge in [-0.25, -0.2) is 0 Å². The third kappa shape index (κ3) is 5.60. The molecule has 0 aliphatic heterocycles. The highest BCUT2D eigenvalue weighted by molar-refractivity contribution is 5.73. The SMILES string of the molecule is Cc1cc(CN[C@H](CC(C)C)C(=O)O)cc(C)c1OC(F)F. The highest BCUT2D eigenvalue weighted by Crippen LogP contribution is 2.26. The van der Waals surface area contributed by atoms with E-state index in [2.05, 4.69) is 10.1 Å². The molecule has 0 bridgehead atoms. The van der Waals surface area contributed by atoms with E-state index in [-0.39, 0.29) is 11.7 Å². The molecule has 4 nitrogen and oxygen atoms in total. The minimum absolute atomic E-state index is 0.177. The van der Waals surface area contributed by atoms with E-state index in [1.165, 1.54) is 0 Å². The molecule has 1 atom stereocenters. The number of hydrogen-bond acceptors (Lipinski definition) is 3. The second-order valence-electron chi connectivity index (χ2n) is 5.84. The molecule has 0 aromatic heterocycles. The summed E-state index contributed by atoms with van der Waals surface area (Å²) in [6.45, 7) is 4.81. The summed E-state index contributed by atoms with van der Waals surface area (Å²) >= 11 is 0. The van der Waals surface area contributed by atoms with Gasteiger partial charge < -0.3 is 15.2 Å². The van der Waals surface area contributed by atoms with E-state index >= 15 is 0 Å². The number of carboxylic acid groups (broad SMARTS) is 1. The number of hydrogen-bond donors (Lipinski definition) is 2. The number of carbonyl (C=O) groups is 1. The number of ether oxygens (including phenoxy) is 1. The van der Waals surface area contributed by atoms with Gasteiger partial charge in [-0.15, -0.1) is 0 Å². The lowest BCUT2D eigenvalue weighted by atomic mass is 10.0. The van der Waals surface area contributed by atoms with Crippen LogP contribution in [0.1, 0.15) is 37.0 Å². The maximum absolute atomic E-state index is 12.3. The van der Waals surface area contributed by atoms with E-state index in [0.717, 1.165) is 5.56 Å². The van der Waals surface area contributed by atoms with Gasteiger partial charge in [0.1, 0.15) is 11.8 Å². The average molecular weight is 315 g/mol. The van der Waals surface area contributed by atoms with Crippen LogP contribution in [0, 0.1) is 19.8 Å². The molecule has 22 heavy (non-hydrogen) atoms. The van der Waals surface area contributed by atoms with Gasteiger partial charge in [0, 0.05) is 6.54 Å². The summed E-state index contributed by atoms with van der Waals surface area (Å²) in [5.74, 6) is -0.450. The van der Waals surface area contributed by atoms with Gasteiger partial charge in [-0.1, -0.05) is 26.0 Å². The first-order chi connectivity index (χ1) is 10.2. The first-order valence-corrected chi connectivity index (χ1v) is 7.21. The molecule has 6 heteroatoms. The van der Waals surface area contributed by atoms with Gasteiger partial charge >= 0.3 is 12.6 Å². The van der Waals surface area contributed by atoms with Crippen LogP contribution in [0.25, 0.3) is 0 Å². The van der Waals surface area contributed by atoms with Crippen LogP contribution in [0.15, 0.2) is 12.1 Å². The largest absolute Gasteiger partial charge is 0.480 e. The Hall–Kier alpha value is -1.69. The predicted octanol–water partition coefficient (Wildman–Crippen LogP) is 3.49. The van der Waals surface area contributed by atoms with Crippen LogP contribution in [-0.4, -0.2) is 23.7 Å². The van der Waals surface area contributed by atoms with E-state index in [1.807, 2.05) is 13.8 Å². The standard InChI is InChI=1S/C16H23F2NO3/c1-9(2)5-13(15(20)21)19-8-12-6-10(3)14(11(4)7-12)22-16(17)18/h6-7,9,13,16,19H,5,8H2,1-4H3,(H,20,21)/t13-/m1/s1. The van der Waals surface area contributed by atoms with Crippen LogP contribution in [0.5, 0.6) is 5.75 Å². The van der Waals surface area contributed by atoms with Crippen molar-refractivity contribution in [2.24, 2.45) is 5.92 Å². The monoisotopic (exact) mass is 315 g/mol. The Labute approximate surface area is 129 Å². The van der Waals surface area contributed by atoms with Crippen LogP contribution < -0.4 is 10.1 Å². The zero-order chi connectivity index (χ0) is 16.9. The molecule has 124 valence electrons. The molecule has 1 aromatic carbocycles. The summed E-state index contributed by atoms with van der Waals surface area (Å²) in [6, 6.07) is 2.83. The van der Waals surface area contributed by atoms with E-state index in [1.54, 1.807) is 26.0 Å². The molecule has 0 saturated heterocycles. The normalized spacial score (nSPS) is 12.7. The number of rotatable bonds is 8. The minimum Gasteiger partial charge on any atom is -0.480 e. The molecule has 0 aliphatic rings. The fraction of sp³-hybridized carbons (Fsp3) is 0.562. The first kappa shape index (κ1) is 18.4. The minimum atomic E-state index is -2.86. The molecular weight excluding hydrogens is 292 g/mol. The lowest BCUT2D eigenvalue weighted by Gasteiger charge is -2.18. The molecule has 0 fully saturated rings. The van der Waals surface area contributed by atoms with Gasteiger partial charge in [-0.2, -0.15) is 8.78 Å². The fourth-order valence-electron chi connectivity index (χ4n) is 2.40. The van der Waals surface area contributed by atoms with Crippen molar-refractivity contribution >= 4 is 5.97 Å². The van der Waals surface area contributed by atoms with E-state index < -0.39 is 18.6 Å². The number of aliphatic carboxylic acids is 1. The Morgan fingerprint density at radius 3 is 2.23 bits per heavy atom. The van der Waals surface area contributed by atoms with Crippen LogP contribution in [0.3, 0.4) is 0 Å². The van der Waals surface area contributed by atoms with Gasteiger partial charge in [-0.05, 0) is 42.9 Å². The Morgan fingerprint density at radius 1 is 1.27 bits per heavy atom. The second-order valence-corrected chi connectivity index (χ2v) is 5.84. The summed E-state index contributed by atoms with van der Waals surface area (Å²) < 4.78 is 29.2. The molecule has 0 saturated carbocycles. The zero-order valence-corrected chi connectivity index (χ0v) is 13.3. The summed E-state index contributed by atoms with van der Waals surface area (Å²) in [5.41, 5.74) is 2.05. The molecular formula is C16H23F2NO3. The summed E-state index contributed by atoms with van der Waals surface area (Å²) in [5, 5.41) is 12.2. The van der Waals surface area contributed by atoms with E-state index in [4.69, 9.17) is 0 Å². The summed E-state index contributed by atoms with van der Waals surface area (Å²) in [4.78, 5) is 11.2. The Bertz CT molecular complexity index is 495. The van der Waals surface area contributed by atoms with E-state index in [9.17, 15) is 18.7 Å². The molecule has 0 unspecified atom stereocenters. The summed E-state index contributed by atoms with van der Waals surface area (Å²) in [7, 11) is 0. The highest BCUT2D eigenvalue weighted by atomic mass is 19.3. The van der Waals surface area contributed by atoms with Gasteiger partial charge in [-0.3, -0.25) is 4.79 Å². The van der Waals surface area contributed by atoms with Crippen molar-refractivity contribution in [2.45, 2.75) is 53.3 Å². The van der Waals surface area contributed by atoms with Crippen LogP contribution in [-0.2, 0) is 11.3 Å². The summed E-state index contributed by atoms with van der Waals surface area (Å²) in [6.07, 6.45) is 0.528. The number of halogens is 2. The predicted molar refractivity (Wildman–Crippen MR) is 80.3 cm³/mol. The molecule has 0 spiro atoms. The molecule has 1 aromatic rings. The van der Waals surface area contributed by atoms with Crippen molar-refractivity contribution in [3.05, 3.63) is 28.8 Å². The van der Waals surface area contributed by atoms with Crippen LogP contribution in [0.2, 0.25) is 0 Å². The molecule has 0 heterocycles. The Morgan fingerprint density at radius 2 is 1.82 bits per heavy atom. The van der Waals surface area contributed by atoms with Crippen molar-refractivity contribution in [3.8, 4) is 5.75 Å². The van der Waals surface area contributed by atoms with E-state index in [0.29, 0.717) is 24.1 Å². The van der Waals surface area contributed by atoms with Crippen molar-refractivity contribution in [1.29, 1.82) is 0 Å². The number of benzene rings is 1. The molecule has 0 amide bonds. The van der Waals surface area contributed by atoms with Crippen LogP contribution >= 0.6 is 0 Å². The van der Waals surface area contributed by atoms with Crippen molar-refractivity contribution < 1.29 is 23.4 Å². The highest BCUT2D eigenvalue weighted by Gasteiger charge is 2.18. The van der Waals surface area contributed by atoms with Crippen molar-refractivity contribution in [1.82, 2.24) is 5.32 Å². The lowest BCUT2D eigenvalue weighted by molar-refractivity contribution is -0.140. The second kappa shape index (κ2) is 8.08. The Balaban J connectivity index is 2.80. The third-order valence-corrected chi connectivity index (χ3v) is 3.28. The number of aryl methyl sites for hydroxylation is 2. The third-order valence-electron chi connectivity index (χ3n) is 3.28. The average Bonchev–Trinajstić information content (AvgIpc) is 2.37. The zero-order valence-electron chi connectivity index (χ0n) is 13.3. The molecule has 0 radical (unpaired) electrons. The fourth-order valence-corrected chi connectivity index (χ4v) is 2.40. The van der Waals surface area contributed by atoms with Gasteiger partial charge in [0.2, 0.25) is 0 Å². The Kier molecular flexibility index (Phi) is 6.74. The number of carboxylic acids is 1. The molecule has 1 rings (SSSR count). The maximum atomic E-state index is 12.3. The number of alkyl halides is 2. The topological polar surface area (TPSA) is 58.6 Å². The first-order valence-electron chi connectivity index (χ1n) is 7.21. The van der Waals surface area contributed by atoms with Gasteiger partial charge in [0.15, 0.2) is 0 Å². The van der Waals surface area contributed by atoms with Gasteiger partial charge in [0.05, 0.1) is 0 Å².